The molecule has 8 nitrogen and oxygen atoms in total. The Labute approximate surface area is 184 Å². The number of aromatic nitrogens is 2. The van der Waals surface area contributed by atoms with Gasteiger partial charge < -0.3 is 23.6 Å². The zero-order valence-corrected chi connectivity index (χ0v) is 18.6. The lowest BCUT2D eigenvalue weighted by Crippen LogP contribution is -2.48. The number of rotatable bonds is 9. The zero-order chi connectivity index (χ0) is 21.8. The Morgan fingerprint density at radius 3 is 2.39 bits per heavy atom. The Kier molecular flexibility index (Phi) is 6.41. The monoisotopic (exact) mass is 443 g/mol. The van der Waals surface area contributed by atoms with Crippen molar-refractivity contribution < 1.29 is 23.5 Å². The predicted molar refractivity (Wildman–Crippen MR) is 116 cm³/mol. The van der Waals surface area contributed by atoms with E-state index in [1.165, 1.54) is 0 Å². The van der Waals surface area contributed by atoms with Crippen molar-refractivity contribution in [1.82, 2.24) is 15.0 Å². The molecule has 0 radical (unpaired) electrons. The standard InChI is InChI=1S/C22H25N3O5S/c1-4-27-17-9-15(10-18(28-5-2)19(17)29-6-3)22(26)25-11-16(12-25)21-23-20(24-30-21)14-7-8-31-13-14/h7-10,13,16H,4-6,11-12H2,1-3H3. The van der Waals surface area contributed by atoms with Crippen molar-refractivity contribution in [1.29, 1.82) is 0 Å². The van der Waals surface area contributed by atoms with Crippen molar-refractivity contribution >= 4 is 17.2 Å². The minimum absolute atomic E-state index is 0.0317. The van der Waals surface area contributed by atoms with Gasteiger partial charge in [-0.15, -0.1) is 0 Å². The number of ether oxygens (including phenoxy) is 3. The molecule has 1 aliphatic heterocycles. The number of carbonyl (C=O) groups is 1. The summed E-state index contributed by atoms with van der Waals surface area (Å²) in [4.78, 5) is 19.3. The molecule has 31 heavy (non-hydrogen) atoms. The number of amides is 1. The molecule has 9 heteroatoms. The molecule has 3 aromatic rings. The van der Waals surface area contributed by atoms with E-state index < -0.39 is 0 Å². The van der Waals surface area contributed by atoms with E-state index in [1.807, 2.05) is 37.6 Å². The number of likely N-dealkylation sites (tertiary alicyclic amines) is 1. The number of hydrogen-bond donors (Lipinski definition) is 0. The molecule has 164 valence electrons. The summed E-state index contributed by atoms with van der Waals surface area (Å²) >= 11 is 1.58. The second-order valence-electron chi connectivity index (χ2n) is 6.98. The molecule has 0 saturated carbocycles. The fourth-order valence-corrected chi connectivity index (χ4v) is 4.04. The SMILES string of the molecule is CCOc1cc(C(=O)N2CC(c3nc(-c4ccsc4)no3)C2)cc(OCC)c1OCC. The normalized spacial score (nSPS) is 13.7. The average Bonchev–Trinajstić information content (AvgIpc) is 3.41. The molecule has 1 amide bonds. The van der Waals surface area contributed by atoms with Crippen molar-refractivity contribution in [3.63, 3.8) is 0 Å². The summed E-state index contributed by atoms with van der Waals surface area (Å²) in [7, 11) is 0. The third kappa shape index (κ3) is 4.36. The molecular formula is C22H25N3O5S. The maximum Gasteiger partial charge on any atom is 0.254 e. The topological polar surface area (TPSA) is 86.9 Å². The fourth-order valence-electron chi connectivity index (χ4n) is 3.41. The van der Waals surface area contributed by atoms with Gasteiger partial charge in [-0.2, -0.15) is 16.3 Å². The molecule has 1 aromatic carbocycles. The van der Waals surface area contributed by atoms with Crippen LogP contribution in [0.1, 0.15) is 42.9 Å². The smallest absolute Gasteiger partial charge is 0.254 e. The van der Waals surface area contributed by atoms with Crippen molar-refractivity contribution in [3.8, 4) is 28.6 Å². The fraction of sp³-hybridized carbons (Fsp3) is 0.409. The van der Waals surface area contributed by atoms with Crippen LogP contribution in [0.2, 0.25) is 0 Å². The van der Waals surface area contributed by atoms with Crippen LogP contribution in [0.4, 0.5) is 0 Å². The second-order valence-corrected chi connectivity index (χ2v) is 7.76. The zero-order valence-electron chi connectivity index (χ0n) is 17.8. The first-order valence-corrected chi connectivity index (χ1v) is 11.3. The molecule has 4 rings (SSSR count). The van der Waals surface area contributed by atoms with Gasteiger partial charge in [0.05, 0.1) is 25.7 Å². The van der Waals surface area contributed by atoms with Gasteiger partial charge in [-0.25, -0.2) is 0 Å². The summed E-state index contributed by atoms with van der Waals surface area (Å²) in [6.07, 6.45) is 0. The third-order valence-electron chi connectivity index (χ3n) is 4.90. The third-order valence-corrected chi connectivity index (χ3v) is 5.58. The first kappa shape index (κ1) is 21.2. The average molecular weight is 444 g/mol. The van der Waals surface area contributed by atoms with Gasteiger partial charge in [0.25, 0.3) is 5.91 Å². The van der Waals surface area contributed by atoms with Crippen LogP contribution in [0.15, 0.2) is 33.5 Å². The number of thiophene rings is 1. The van der Waals surface area contributed by atoms with Crippen LogP contribution < -0.4 is 14.2 Å². The summed E-state index contributed by atoms with van der Waals surface area (Å²) < 4.78 is 22.6. The molecule has 3 heterocycles. The van der Waals surface area contributed by atoms with E-state index in [9.17, 15) is 4.79 Å². The summed E-state index contributed by atoms with van der Waals surface area (Å²) in [5.41, 5.74) is 1.44. The van der Waals surface area contributed by atoms with E-state index in [-0.39, 0.29) is 11.8 Å². The number of benzene rings is 1. The van der Waals surface area contributed by atoms with E-state index in [0.717, 1.165) is 5.56 Å². The molecule has 0 N–H and O–H groups in total. The van der Waals surface area contributed by atoms with Crippen LogP contribution in [0.3, 0.4) is 0 Å². The van der Waals surface area contributed by atoms with Crippen LogP contribution in [-0.2, 0) is 0 Å². The van der Waals surface area contributed by atoms with E-state index in [4.69, 9.17) is 18.7 Å². The van der Waals surface area contributed by atoms with Gasteiger partial charge in [-0.1, -0.05) is 5.16 Å². The highest BCUT2D eigenvalue weighted by Crippen LogP contribution is 2.40. The maximum atomic E-state index is 13.1. The van der Waals surface area contributed by atoms with Gasteiger partial charge in [0.2, 0.25) is 17.5 Å². The van der Waals surface area contributed by atoms with Gasteiger partial charge in [0, 0.05) is 29.6 Å². The van der Waals surface area contributed by atoms with E-state index in [2.05, 4.69) is 10.1 Å². The Balaban J connectivity index is 1.48. The highest BCUT2D eigenvalue weighted by atomic mass is 32.1. The van der Waals surface area contributed by atoms with Crippen molar-refractivity contribution in [3.05, 3.63) is 40.4 Å². The molecule has 1 saturated heterocycles. The summed E-state index contributed by atoms with van der Waals surface area (Å²) in [6.45, 7) is 8.09. The quantitative estimate of drug-likeness (QED) is 0.489. The summed E-state index contributed by atoms with van der Waals surface area (Å²) in [5, 5.41) is 8.00. The van der Waals surface area contributed by atoms with Crippen LogP contribution >= 0.6 is 11.3 Å². The van der Waals surface area contributed by atoms with Gasteiger partial charge in [0.15, 0.2) is 11.5 Å². The largest absolute Gasteiger partial charge is 0.490 e. The Hall–Kier alpha value is -3.07. The minimum atomic E-state index is -0.0984. The van der Waals surface area contributed by atoms with Gasteiger partial charge in [-0.3, -0.25) is 4.79 Å². The number of carbonyl (C=O) groups excluding carboxylic acids is 1. The Morgan fingerprint density at radius 1 is 1.13 bits per heavy atom. The second kappa shape index (κ2) is 9.38. The first-order chi connectivity index (χ1) is 15.1. The van der Waals surface area contributed by atoms with Crippen molar-refractivity contribution in [2.75, 3.05) is 32.9 Å². The number of nitrogens with zero attached hydrogens (tertiary/aromatic N) is 3. The maximum absolute atomic E-state index is 13.1. The predicted octanol–water partition coefficient (Wildman–Crippen LogP) is 4.23. The van der Waals surface area contributed by atoms with E-state index >= 15 is 0 Å². The van der Waals surface area contributed by atoms with Crippen molar-refractivity contribution in [2.24, 2.45) is 0 Å². The Morgan fingerprint density at radius 2 is 1.81 bits per heavy atom. The molecular weight excluding hydrogens is 418 g/mol. The highest BCUT2D eigenvalue weighted by molar-refractivity contribution is 7.08. The lowest BCUT2D eigenvalue weighted by Gasteiger charge is -2.37. The van der Waals surface area contributed by atoms with Crippen LogP contribution in [0, 0.1) is 0 Å². The molecule has 0 bridgehead atoms. The van der Waals surface area contributed by atoms with Gasteiger partial charge >= 0.3 is 0 Å². The molecule has 0 spiro atoms. The van der Waals surface area contributed by atoms with Gasteiger partial charge in [-0.05, 0) is 44.4 Å². The molecule has 0 atom stereocenters. The lowest BCUT2D eigenvalue weighted by molar-refractivity contribution is 0.0568. The van der Waals surface area contributed by atoms with Crippen LogP contribution in [-0.4, -0.2) is 53.9 Å². The molecule has 1 aliphatic rings. The van der Waals surface area contributed by atoms with Gasteiger partial charge in [0.1, 0.15) is 0 Å². The molecule has 2 aromatic heterocycles. The van der Waals surface area contributed by atoms with Crippen LogP contribution in [0.25, 0.3) is 11.4 Å². The summed E-state index contributed by atoms with van der Waals surface area (Å²) in [6, 6.07) is 5.38. The minimum Gasteiger partial charge on any atom is -0.490 e. The van der Waals surface area contributed by atoms with Crippen molar-refractivity contribution in [2.45, 2.75) is 26.7 Å². The van der Waals surface area contributed by atoms with E-state index in [0.29, 0.717) is 67.4 Å². The van der Waals surface area contributed by atoms with Crippen LogP contribution in [0.5, 0.6) is 17.2 Å². The molecule has 1 fully saturated rings. The summed E-state index contributed by atoms with van der Waals surface area (Å²) in [5.74, 6) is 2.61. The molecule has 0 unspecified atom stereocenters. The first-order valence-electron chi connectivity index (χ1n) is 10.4. The van der Waals surface area contributed by atoms with E-state index in [1.54, 1.807) is 28.4 Å². The Bertz CT molecular complexity index is 1000. The number of hydrogen-bond acceptors (Lipinski definition) is 8. The molecule has 0 aliphatic carbocycles. The lowest BCUT2D eigenvalue weighted by atomic mass is 9.98. The highest BCUT2D eigenvalue weighted by Gasteiger charge is 2.36.